The first-order valence-electron chi connectivity index (χ1n) is 9.13. The summed E-state index contributed by atoms with van der Waals surface area (Å²) < 4.78 is 55.6. The van der Waals surface area contributed by atoms with Crippen molar-refractivity contribution in [1.29, 1.82) is 0 Å². The molecule has 0 unspecified atom stereocenters. The molecule has 0 aliphatic heterocycles. The predicted octanol–water partition coefficient (Wildman–Crippen LogP) is 5.02. The summed E-state index contributed by atoms with van der Waals surface area (Å²) in [6.45, 7) is -2.97. The molecular weight excluding hydrogens is 464 g/mol. The number of rotatable bonds is 8. The molecule has 0 radical (unpaired) electrons. The Morgan fingerprint density at radius 1 is 0.938 bits per heavy atom. The number of nitrogens with zero attached hydrogens (tertiary/aromatic N) is 1. The van der Waals surface area contributed by atoms with Crippen LogP contribution in [0.4, 0.5) is 23.2 Å². The van der Waals surface area contributed by atoms with Crippen molar-refractivity contribution in [2.45, 2.75) is 17.3 Å². The molecule has 0 saturated heterocycles. The Morgan fingerprint density at radius 2 is 1.56 bits per heavy atom. The third kappa shape index (κ3) is 6.44. The van der Waals surface area contributed by atoms with Gasteiger partial charge in [-0.2, -0.15) is 22.1 Å². The minimum absolute atomic E-state index is 0.0760. The van der Waals surface area contributed by atoms with Crippen LogP contribution in [-0.4, -0.2) is 17.4 Å². The molecule has 10 heteroatoms. The number of anilines is 1. The summed E-state index contributed by atoms with van der Waals surface area (Å²) >= 11 is 5.88. The summed E-state index contributed by atoms with van der Waals surface area (Å²) in [5.74, 6) is -3.06. The van der Waals surface area contributed by atoms with Crippen molar-refractivity contribution in [2.24, 2.45) is 0 Å². The Hall–Kier alpha value is -3.11. The quantitative estimate of drug-likeness (QED) is 0.123. The van der Waals surface area contributed by atoms with Crippen molar-refractivity contribution >= 4 is 46.1 Å². The first-order chi connectivity index (χ1) is 15.3. The van der Waals surface area contributed by atoms with Crippen molar-refractivity contribution in [1.82, 2.24) is 0 Å². The molecule has 3 rings (SSSR count). The lowest BCUT2D eigenvalue weighted by molar-refractivity contribution is -0.577. The highest BCUT2D eigenvalue weighted by Crippen LogP contribution is 2.27. The first kappa shape index (κ1) is 23.6. The molecule has 1 heterocycles. The van der Waals surface area contributed by atoms with E-state index >= 15 is 0 Å². The van der Waals surface area contributed by atoms with Crippen molar-refractivity contribution in [2.75, 3.05) is 5.32 Å². The van der Waals surface area contributed by atoms with Gasteiger partial charge in [-0.25, -0.2) is 0 Å². The number of ether oxygens (including phenoxy) is 1. The predicted molar refractivity (Wildman–Crippen MR) is 117 cm³/mol. The van der Waals surface area contributed by atoms with E-state index in [-0.39, 0.29) is 22.0 Å². The molecule has 166 valence electrons. The van der Waals surface area contributed by atoms with Gasteiger partial charge in [-0.05, 0) is 47.7 Å². The second-order valence-electron chi connectivity index (χ2n) is 6.22. The van der Waals surface area contributed by atoms with Crippen molar-refractivity contribution < 1.29 is 32.0 Å². The third-order valence-electron chi connectivity index (χ3n) is 4.08. The molecular formula is C22H16F4N2O2S2. The summed E-state index contributed by atoms with van der Waals surface area (Å²) in [6, 6.07) is 16.6. The molecule has 0 fully saturated rings. The minimum Gasteiger partial charge on any atom is -0.867 e. The Balaban J connectivity index is 1.91. The van der Waals surface area contributed by atoms with Crippen molar-refractivity contribution in [3.63, 3.8) is 0 Å². The van der Waals surface area contributed by atoms with Crippen LogP contribution in [0.1, 0.15) is 5.56 Å². The second kappa shape index (κ2) is 11.0. The third-order valence-corrected chi connectivity index (χ3v) is 5.10. The number of alkyl halides is 4. The van der Waals surface area contributed by atoms with Crippen LogP contribution in [0.2, 0.25) is 0 Å². The number of hydrogen-bond acceptors (Lipinski definition) is 4. The molecule has 0 aliphatic carbocycles. The van der Waals surface area contributed by atoms with E-state index in [0.717, 1.165) is 0 Å². The largest absolute Gasteiger partial charge is 0.867 e. The summed E-state index contributed by atoms with van der Waals surface area (Å²) in [5, 5.41) is 16.2. The Bertz CT molecular complexity index is 1080. The molecule has 32 heavy (non-hydrogen) atoms. The van der Waals surface area contributed by atoms with Gasteiger partial charge in [0.1, 0.15) is 5.75 Å². The molecule has 1 N–H and O–H groups in total. The van der Waals surface area contributed by atoms with Gasteiger partial charge < -0.3 is 15.2 Å². The van der Waals surface area contributed by atoms with Crippen LogP contribution in [0.15, 0.2) is 84.0 Å². The Labute approximate surface area is 191 Å². The Morgan fingerprint density at radius 3 is 2.12 bits per heavy atom. The van der Waals surface area contributed by atoms with Crippen molar-refractivity contribution in [3.05, 3.63) is 84.7 Å². The maximum atomic E-state index is 13.2. The highest BCUT2D eigenvalue weighted by Gasteiger charge is 2.19. The molecule has 2 aromatic carbocycles. The number of thiocarbonyl (C=S) groups is 1. The average molecular weight is 481 g/mol. The zero-order valence-corrected chi connectivity index (χ0v) is 17.9. The zero-order chi connectivity index (χ0) is 23.1. The molecule has 3 aromatic rings. The van der Waals surface area contributed by atoms with Crippen LogP contribution in [0.3, 0.4) is 0 Å². The standard InChI is InChI=1S/C22H16F4N2O2S2/c23-21(24)30-16-8-4-14(5-9-16)19(29)18(28-12-2-1-3-13-28)20(31)27-15-6-10-17(11-7-15)32-22(25)26/h1-13,21-22H,(H-,27,29,31). The normalized spacial score (nSPS) is 11.9. The average Bonchev–Trinajstić information content (AvgIpc) is 2.76. The molecule has 0 saturated carbocycles. The number of nitrogens with one attached hydrogen (secondary N) is 1. The van der Waals surface area contributed by atoms with E-state index in [1.807, 2.05) is 0 Å². The Kier molecular flexibility index (Phi) is 8.07. The summed E-state index contributed by atoms with van der Waals surface area (Å²) in [5.41, 5.74) is 0.844. The number of pyridine rings is 1. The maximum Gasteiger partial charge on any atom is 0.387 e. The van der Waals surface area contributed by atoms with Crippen LogP contribution in [0, 0.1) is 0 Å². The second-order valence-corrected chi connectivity index (χ2v) is 7.69. The summed E-state index contributed by atoms with van der Waals surface area (Å²) in [7, 11) is 0. The fourth-order valence-corrected chi connectivity index (χ4v) is 3.53. The van der Waals surface area contributed by atoms with Crippen LogP contribution in [-0.2, 0) is 0 Å². The van der Waals surface area contributed by atoms with Crippen LogP contribution in [0.25, 0.3) is 11.5 Å². The highest BCUT2D eigenvalue weighted by molar-refractivity contribution is 7.99. The smallest absolute Gasteiger partial charge is 0.387 e. The zero-order valence-electron chi connectivity index (χ0n) is 16.3. The van der Waals surface area contributed by atoms with Crippen LogP contribution >= 0.6 is 24.0 Å². The van der Waals surface area contributed by atoms with Crippen molar-refractivity contribution in [3.8, 4) is 5.75 Å². The number of benzene rings is 2. The van der Waals surface area contributed by atoms with Gasteiger partial charge in [-0.3, -0.25) is 0 Å². The van der Waals surface area contributed by atoms with E-state index in [1.165, 1.54) is 41.0 Å². The van der Waals surface area contributed by atoms with E-state index in [9.17, 15) is 22.7 Å². The van der Waals surface area contributed by atoms with Gasteiger partial charge in [0.25, 0.3) is 5.76 Å². The lowest BCUT2D eigenvalue weighted by atomic mass is 10.1. The van der Waals surface area contributed by atoms with E-state index in [1.54, 1.807) is 42.7 Å². The molecule has 0 amide bonds. The number of thioether (sulfide) groups is 1. The van der Waals surface area contributed by atoms with Gasteiger partial charge in [0.15, 0.2) is 17.4 Å². The number of hydrogen-bond donors (Lipinski definition) is 1. The van der Waals surface area contributed by atoms with E-state index < -0.39 is 18.1 Å². The van der Waals surface area contributed by atoms with Crippen LogP contribution < -0.4 is 19.7 Å². The van der Waals surface area contributed by atoms with E-state index in [4.69, 9.17) is 12.2 Å². The SMILES string of the molecule is [O-]C(=C(C(=S)Nc1ccc(SC(F)F)cc1)[n+]1ccccc1)c1ccc(OC(F)F)cc1. The highest BCUT2D eigenvalue weighted by atomic mass is 32.2. The fraction of sp³-hybridized carbons (Fsp3) is 0.0909. The van der Waals surface area contributed by atoms with Gasteiger partial charge in [0.2, 0.25) is 5.70 Å². The molecule has 0 aliphatic rings. The fourth-order valence-electron chi connectivity index (χ4n) is 2.72. The number of aromatic nitrogens is 1. The van der Waals surface area contributed by atoms with E-state index in [2.05, 4.69) is 10.1 Å². The lowest BCUT2D eigenvalue weighted by Crippen LogP contribution is -2.39. The lowest BCUT2D eigenvalue weighted by Gasteiger charge is -2.17. The minimum atomic E-state index is -2.97. The van der Waals surface area contributed by atoms with Gasteiger partial charge in [-0.1, -0.05) is 42.2 Å². The van der Waals surface area contributed by atoms with Gasteiger partial charge >= 0.3 is 6.61 Å². The number of halogens is 4. The topological polar surface area (TPSA) is 48.2 Å². The van der Waals surface area contributed by atoms with Gasteiger partial charge in [0.05, 0.1) is 0 Å². The first-order valence-corrected chi connectivity index (χ1v) is 10.4. The molecule has 0 atom stereocenters. The van der Waals surface area contributed by atoms with Crippen LogP contribution in [0.5, 0.6) is 5.75 Å². The van der Waals surface area contributed by atoms with E-state index in [0.29, 0.717) is 22.3 Å². The summed E-state index contributed by atoms with van der Waals surface area (Å²) in [6.07, 6.45) is 3.27. The molecule has 0 spiro atoms. The van der Waals surface area contributed by atoms with Gasteiger partial charge in [-0.15, -0.1) is 0 Å². The summed E-state index contributed by atoms with van der Waals surface area (Å²) in [4.78, 5) is 0.480. The maximum absolute atomic E-state index is 13.2. The van der Waals surface area contributed by atoms with Gasteiger partial charge in [0, 0.05) is 22.7 Å². The monoisotopic (exact) mass is 480 g/mol. The molecule has 4 nitrogen and oxygen atoms in total. The molecule has 1 aromatic heterocycles. The molecule has 0 bridgehead atoms.